The maximum atomic E-state index is 5.23. The van der Waals surface area contributed by atoms with E-state index in [2.05, 4.69) is 94.0 Å². The standard InChI is InChI=1S/C34H39N3/c1-7-23-19(5)29-15-21-14-22(28-13-11-12-27(21)28)16-30-20(6)24(8-2)32(36-30)18-34-26(10-4)25(9-3)33(37-34)17-31(23)35-29/h11-12,14-18,27-28,36-37H,7-10,13H2,1-6H3. The van der Waals surface area contributed by atoms with E-state index < -0.39 is 0 Å². The van der Waals surface area contributed by atoms with Crippen LogP contribution in [0.5, 0.6) is 0 Å². The summed E-state index contributed by atoms with van der Waals surface area (Å²) in [6.07, 6.45) is 9.90. The summed E-state index contributed by atoms with van der Waals surface area (Å²) in [7, 11) is 0. The number of aromatic nitrogens is 3. The zero-order chi connectivity index (χ0) is 25.8. The predicted molar refractivity (Wildman–Crippen MR) is 158 cm³/mol. The third kappa shape index (κ3) is 3.74. The van der Waals surface area contributed by atoms with Gasteiger partial charge in [0.2, 0.25) is 0 Å². The summed E-state index contributed by atoms with van der Waals surface area (Å²) < 4.78 is 0. The summed E-state index contributed by atoms with van der Waals surface area (Å²) in [5, 5.41) is 0. The Morgan fingerprint density at radius 1 is 0.703 bits per heavy atom. The maximum absolute atomic E-state index is 5.23. The molecule has 3 nitrogen and oxygen atoms in total. The van der Waals surface area contributed by atoms with Crippen molar-refractivity contribution in [3.63, 3.8) is 0 Å². The van der Waals surface area contributed by atoms with Crippen molar-refractivity contribution in [2.75, 3.05) is 0 Å². The molecule has 0 fully saturated rings. The van der Waals surface area contributed by atoms with Crippen molar-refractivity contribution in [2.24, 2.45) is 0 Å². The number of hydrogen-bond donors (Lipinski definition) is 2. The molecular weight excluding hydrogens is 450 g/mol. The van der Waals surface area contributed by atoms with Crippen LogP contribution in [0.4, 0.5) is 0 Å². The van der Waals surface area contributed by atoms with E-state index in [4.69, 9.17) is 4.98 Å². The van der Waals surface area contributed by atoms with Gasteiger partial charge in [-0.05, 0) is 121 Å². The van der Waals surface area contributed by atoms with Gasteiger partial charge in [0.05, 0.1) is 11.4 Å². The van der Waals surface area contributed by atoms with Crippen LogP contribution in [-0.4, -0.2) is 15.0 Å². The van der Waals surface area contributed by atoms with Gasteiger partial charge < -0.3 is 9.97 Å². The van der Waals surface area contributed by atoms with Crippen LogP contribution >= 0.6 is 0 Å². The molecule has 37 heavy (non-hydrogen) atoms. The third-order valence-electron chi connectivity index (χ3n) is 9.03. The monoisotopic (exact) mass is 489 g/mol. The van der Waals surface area contributed by atoms with Gasteiger partial charge >= 0.3 is 0 Å². The van der Waals surface area contributed by atoms with Gasteiger partial charge in [-0.2, -0.15) is 0 Å². The largest absolute Gasteiger partial charge is 0.355 e. The first-order valence-corrected chi connectivity index (χ1v) is 14.2. The summed E-state index contributed by atoms with van der Waals surface area (Å²) in [6.45, 7) is 13.6. The fraction of sp³-hybridized carbons (Fsp3) is 0.382. The predicted octanol–water partition coefficient (Wildman–Crippen LogP) is 9.08. The zero-order valence-corrected chi connectivity index (χ0v) is 23.2. The Hall–Kier alpha value is -3.33. The fourth-order valence-corrected chi connectivity index (χ4v) is 7.04. The van der Waals surface area contributed by atoms with Crippen LogP contribution in [0.3, 0.4) is 0 Å². The average molecular weight is 490 g/mol. The minimum Gasteiger partial charge on any atom is -0.355 e. The second kappa shape index (κ2) is 9.20. The number of allylic oxidation sites excluding steroid dienone is 4. The van der Waals surface area contributed by atoms with Gasteiger partial charge in [-0.3, -0.25) is 0 Å². The van der Waals surface area contributed by atoms with E-state index in [0.717, 1.165) is 43.5 Å². The zero-order valence-electron chi connectivity index (χ0n) is 23.2. The van der Waals surface area contributed by atoms with Gasteiger partial charge in [-0.25, -0.2) is 4.98 Å². The highest BCUT2D eigenvalue weighted by molar-refractivity contribution is 5.92. The molecule has 2 aliphatic carbocycles. The Bertz CT molecular complexity index is 1620. The van der Waals surface area contributed by atoms with E-state index in [1.54, 1.807) is 0 Å². The van der Waals surface area contributed by atoms with Crippen LogP contribution in [0.2, 0.25) is 0 Å². The Morgan fingerprint density at radius 2 is 1.38 bits per heavy atom. The third-order valence-corrected chi connectivity index (χ3v) is 9.03. The lowest BCUT2D eigenvalue weighted by Crippen LogP contribution is -1.96. The van der Waals surface area contributed by atoms with E-state index in [1.165, 1.54) is 66.6 Å². The van der Waals surface area contributed by atoms with Gasteiger partial charge in [0.1, 0.15) is 0 Å². The second-order valence-corrected chi connectivity index (χ2v) is 10.9. The molecule has 3 aromatic heterocycles. The minimum atomic E-state index is 0.451. The Morgan fingerprint density at radius 3 is 2.08 bits per heavy atom. The number of aromatic amines is 2. The van der Waals surface area contributed by atoms with Gasteiger partial charge in [-0.15, -0.1) is 0 Å². The molecular formula is C34H39N3. The van der Waals surface area contributed by atoms with Crippen LogP contribution < -0.4 is 0 Å². The Kier molecular flexibility index (Phi) is 5.98. The lowest BCUT2D eigenvalue weighted by molar-refractivity contribution is 0.698. The van der Waals surface area contributed by atoms with Crippen LogP contribution in [0.15, 0.2) is 42.5 Å². The van der Waals surface area contributed by atoms with E-state index in [1.807, 2.05) is 0 Å². The normalized spacial score (nSPS) is 18.6. The molecule has 3 aliphatic rings. The summed E-state index contributed by atoms with van der Waals surface area (Å²) in [5.41, 5.74) is 18.3. The Labute approximate surface area is 220 Å². The summed E-state index contributed by atoms with van der Waals surface area (Å²) in [4.78, 5) is 12.9. The van der Waals surface area contributed by atoms with Crippen molar-refractivity contribution in [2.45, 2.75) is 85.5 Å². The molecule has 3 aromatic rings. The molecule has 0 saturated carbocycles. The summed E-state index contributed by atoms with van der Waals surface area (Å²) in [6, 6.07) is 11.9. The molecule has 190 valence electrons. The number of H-pyrrole nitrogens is 2. The van der Waals surface area contributed by atoms with Gasteiger partial charge in [0.25, 0.3) is 0 Å². The highest BCUT2D eigenvalue weighted by Gasteiger charge is 2.31. The van der Waals surface area contributed by atoms with Gasteiger partial charge in [0.15, 0.2) is 0 Å². The van der Waals surface area contributed by atoms with Crippen molar-refractivity contribution < 1.29 is 0 Å². The van der Waals surface area contributed by atoms with Crippen LogP contribution in [-0.2, 0) is 19.3 Å². The van der Waals surface area contributed by atoms with E-state index >= 15 is 0 Å². The number of aryl methyl sites for hydroxylation is 4. The molecule has 1 aliphatic heterocycles. The number of rotatable bonds is 4. The highest BCUT2D eigenvalue weighted by atomic mass is 14.8. The molecule has 0 amide bonds. The molecule has 0 saturated heterocycles. The number of nitrogens with zero attached hydrogens (tertiary/aromatic N) is 1. The molecule has 0 aromatic carbocycles. The molecule has 0 radical (unpaired) electrons. The van der Waals surface area contributed by atoms with E-state index in [9.17, 15) is 0 Å². The van der Waals surface area contributed by atoms with Crippen LogP contribution in [0.1, 0.15) is 104 Å². The first-order valence-electron chi connectivity index (χ1n) is 14.2. The first-order chi connectivity index (χ1) is 18.0. The molecule has 6 rings (SSSR count). The lowest BCUT2D eigenvalue weighted by Gasteiger charge is -2.11. The van der Waals surface area contributed by atoms with Crippen LogP contribution in [0.25, 0.3) is 33.2 Å². The van der Waals surface area contributed by atoms with Crippen molar-refractivity contribution >= 4 is 33.2 Å². The summed E-state index contributed by atoms with van der Waals surface area (Å²) >= 11 is 0. The molecule has 0 spiro atoms. The van der Waals surface area contributed by atoms with E-state index in [0.29, 0.717) is 11.8 Å². The van der Waals surface area contributed by atoms with Crippen molar-refractivity contribution in [1.82, 2.24) is 15.0 Å². The molecule has 4 heterocycles. The summed E-state index contributed by atoms with van der Waals surface area (Å²) in [5.74, 6) is 0.977. The number of nitrogens with one attached hydrogen (secondary N) is 2. The fourth-order valence-electron chi connectivity index (χ4n) is 7.04. The topological polar surface area (TPSA) is 44.5 Å². The van der Waals surface area contributed by atoms with Crippen molar-refractivity contribution in [1.29, 1.82) is 0 Å². The average Bonchev–Trinajstić information content (AvgIpc) is 3.67. The highest BCUT2D eigenvalue weighted by Crippen LogP contribution is 2.47. The van der Waals surface area contributed by atoms with Crippen LogP contribution in [0, 0.1) is 6.92 Å². The molecule has 2 unspecified atom stereocenters. The number of fused-ring (bicyclic) bond motifs is 11. The quantitative estimate of drug-likeness (QED) is 0.353. The second-order valence-electron chi connectivity index (χ2n) is 10.9. The van der Waals surface area contributed by atoms with Crippen molar-refractivity contribution in [3.8, 4) is 0 Å². The number of hydrogen-bond acceptors (Lipinski definition) is 1. The molecule has 3 heteroatoms. The molecule has 2 atom stereocenters. The van der Waals surface area contributed by atoms with Crippen molar-refractivity contribution in [3.05, 3.63) is 87.3 Å². The lowest BCUT2D eigenvalue weighted by atomic mass is 9.92. The van der Waals surface area contributed by atoms with Gasteiger partial charge in [-0.1, -0.05) is 45.9 Å². The maximum Gasteiger partial charge on any atom is 0.0693 e. The SMILES string of the molecule is CCC1=C(C)c2cc3cc(cc4[nH]c(cc5[nH]c(cc1n2)c(CC)c5CC)c(CC)c4C)C1CC=CC31. The Balaban J connectivity index is 1.78. The minimum absolute atomic E-state index is 0.451. The van der Waals surface area contributed by atoms with E-state index in [-0.39, 0.29) is 0 Å². The van der Waals surface area contributed by atoms with Gasteiger partial charge in [0, 0.05) is 28.0 Å². The molecule has 2 N–H and O–H groups in total. The first kappa shape index (κ1) is 24.0. The molecule has 8 bridgehead atoms. The smallest absolute Gasteiger partial charge is 0.0693 e.